The minimum absolute atomic E-state index is 0.0662. The average Bonchev–Trinajstić information content (AvgIpc) is 2.87. The van der Waals surface area contributed by atoms with Gasteiger partial charge in [-0.2, -0.15) is 13.2 Å². The molecule has 190 valence electrons. The first-order chi connectivity index (χ1) is 17.7. The molecule has 3 aromatic rings. The average molecular weight is 508 g/mol. The number of fused-ring (bicyclic) bond motifs is 1. The van der Waals surface area contributed by atoms with Gasteiger partial charge in [0.15, 0.2) is 0 Å². The lowest BCUT2D eigenvalue weighted by molar-refractivity contribution is -0.137. The van der Waals surface area contributed by atoms with E-state index in [-0.39, 0.29) is 6.42 Å². The summed E-state index contributed by atoms with van der Waals surface area (Å²) in [4.78, 5) is 24.3. The highest BCUT2D eigenvalue weighted by Gasteiger charge is 2.30. The van der Waals surface area contributed by atoms with E-state index in [4.69, 9.17) is 4.74 Å². The van der Waals surface area contributed by atoms with E-state index >= 15 is 0 Å². The lowest BCUT2D eigenvalue weighted by Crippen LogP contribution is -2.34. The molecule has 1 aliphatic rings. The monoisotopic (exact) mass is 508 g/mol. The summed E-state index contributed by atoms with van der Waals surface area (Å²) in [6, 6.07) is 16.8. The summed E-state index contributed by atoms with van der Waals surface area (Å²) in [5.41, 5.74) is 2.67. The number of aliphatic hydroxyl groups excluding tert-OH is 1. The number of rotatable bonds is 6. The second-order valence-corrected chi connectivity index (χ2v) is 8.27. The number of alkyl halides is 3. The maximum atomic E-state index is 13.0. The van der Waals surface area contributed by atoms with E-state index in [0.29, 0.717) is 39.4 Å². The van der Waals surface area contributed by atoms with E-state index in [1.165, 1.54) is 31.4 Å². The number of allylic oxidation sites excluding steroid dienone is 2. The van der Waals surface area contributed by atoms with Crippen molar-refractivity contribution in [3.05, 3.63) is 107 Å². The molecule has 0 bridgehead atoms. The number of carbonyl (C=O) groups is 2. The molecule has 37 heavy (non-hydrogen) atoms. The summed E-state index contributed by atoms with van der Waals surface area (Å²) in [6.45, 7) is 0. The van der Waals surface area contributed by atoms with E-state index in [9.17, 15) is 27.9 Å². The van der Waals surface area contributed by atoms with Crippen molar-refractivity contribution in [3.63, 3.8) is 0 Å². The van der Waals surface area contributed by atoms with Gasteiger partial charge in [0.05, 0.1) is 12.7 Å². The number of benzene rings is 3. The molecule has 0 saturated heterocycles. The van der Waals surface area contributed by atoms with Crippen molar-refractivity contribution >= 4 is 28.8 Å². The van der Waals surface area contributed by atoms with Crippen LogP contribution in [0.15, 0.2) is 85.0 Å². The minimum atomic E-state index is -4.45. The Kier molecular flexibility index (Phi) is 7.45. The van der Waals surface area contributed by atoms with E-state index in [1.54, 1.807) is 48.5 Å². The number of nitrogens with one attached hydrogen (secondary N) is 2. The Labute approximate surface area is 211 Å². The van der Waals surface area contributed by atoms with Gasteiger partial charge in [-0.25, -0.2) is 0 Å². The Morgan fingerprint density at radius 1 is 1.05 bits per heavy atom. The number of carbonyl (C=O) groups excluding carboxylic acids is 2. The second kappa shape index (κ2) is 10.7. The zero-order valence-corrected chi connectivity index (χ0v) is 19.7. The zero-order valence-electron chi connectivity index (χ0n) is 19.7. The number of amides is 2. The molecular weight excluding hydrogens is 485 g/mol. The minimum Gasteiger partial charge on any atom is -0.497 e. The number of aliphatic hydroxyl groups is 1. The number of anilines is 2. The first-order valence-corrected chi connectivity index (χ1v) is 11.3. The summed E-state index contributed by atoms with van der Waals surface area (Å²) in [7, 11) is 1.53. The molecule has 4 rings (SSSR count). The van der Waals surface area contributed by atoms with Gasteiger partial charge in [0.1, 0.15) is 11.9 Å². The van der Waals surface area contributed by atoms with E-state index in [0.717, 1.165) is 12.1 Å². The third-order valence-corrected chi connectivity index (χ3v) is 5.83. The lowest BCUT2D eigenvalue weighted by Gasteiger charge is -2.23. The number of ether oxygens (including phenoxy) is 1. The van der Waals surface area contributed by atoms with Crippen LogP contribution in [-0.2, 0) is 22.2 Å². The summed E-state index contributed by atoms with van der Waals surface area (Å²) in [5, 5.41) is 15.2. The van der Waals surface area contributed by atoms with Crippen LogP contribution in [0.4, 0.5) is 24.5 Å². The fourth-order valence-corrected chi connectivity index (χ4v) is 3.92. The molecule has 1 aliphatic heterocycles. The molecule has 6 nitrogen and oxygen atoms in total. The smallest absolute Gasteiger partial charge is 0.416 e. The molecule has 0 fully saturated rings. The fraction of sp³-hybridized carbons (Fsp3) is 0.143. The molecule has 1 heterocycles. The van der Waals surface area contributed by atoms with Gasteiger partial charge < -0.3 is 20.5 Å². The van der Waals surface area contributed by atoms with E-state index in [2.05, 4.69) is 10.6 Å². The van der Waals surface area contributed by atoms with Crippen molar-refractivity contribution < 1.29 is 32.6 Å². The number of hydrogen-bond acceptors (Lipinski definition) is 4. The normalized spacial score (nSPS) is 15.8. The van der Waals surface area contributed by atoms with Crippen LogP contribution >= 0.6 is 0 Å². The van der Waals surface area contributed by atoms with Crippen LogP contribution in [0.2, 0.25) is 0 Å². The molecule has 3 aromatic carbocycles. The van der Waals surface area contributed by atoms with Crippen LogP contribution in [0.25, 0.3) is 5.57 Å². The SMILES string of the molecule is COc1ccc(/C(=C\C=C\C(=O)Nc2cccc3c2CC(O)C(=O)N3)c2ccc(C(F)(F)F)cc2)cc1. The first kappa shape index (κ1) is 25.7. The fourth-order valence-electron chi connectivity index (χ4n) is 3.92. The van der Waals surface area contributed by atoms with E-state index < -0.39 is 29.7 Å². The highest BCUT2D eigenvalue weighted by atomic mass is 19.4. The Bertz CT molecular complexity index is 1360. The predicted molar refractivity (Wildman–Crippen MR) is 134 cm³/mol. The molecule has 9 heteroatoms. The Morgan fingerprint density at radius 3 is 2.32 bits per heavy atom. The molecular formula is C28H23F3N2O4. The van der Waals surface area contributed by atoms with E-state index in [1.807, 2.05) is 0 Å². The summed E-state index contributed by atoms with van der Waals surface area (Å²) in [6.07, 6.45) is -1.18. The van der Waals surface area contributed by atoms with Crippen molar-refractivity contribution in [1.29, 1.82) is 0 Å². The maximum absolute atomic E-state index is 13.0. The molecule has 1 atom stereocenters. The van der Waals surface area contributed by atoms with Crippen LogP contribution in [-0.4, -0.2) is 30.1 Å². The number of hydrogen-bond donors (Lipinski definition) is 3. The molecule has 0 aliphatic carbocycles. The summed E-state index contributed by atoms with van der Waals surface area (Å²) >= 11 is 0. The lowest BCUT2D eigenvalue weighted by atomic mass is 9.96. The van der Waals surface area contributed by atoms with Crippen LogP contribution < -0.4 is 15.4 Å². The van der Waals surface area contributed by atoms with Gasteiger partial charge in [0.25, 0.3) is 5.91 Å². The first-order valence-electron chi connectivity index (χ1n) is 11.3. The van der Waals surface area contributed by atoms with Gasteiger partial charge in [-0.3, -0.25) is 9.59 Å². The number of methoxy groups -OCH3 is 1. The van der Waals surface area contributed by atoms with Crippen molar-refractivity contribution in [2.75, 3.05) is 17.7 Å². The van der Waals surface area contributed by atoms with Gasteiger partial charge >= 0.3 is 6.18 Å². The van der Waals surface area contributed by atoms with Crippen LogP contribution in [0.3, 0.4) is 0 Å². The zero-order chi connectivity index (χ0) is 26.6. The van der Waals surface area contributed by atoms with Crippen molar-refractivity contribution in [2.45, 2.75) is 18.7 Å². The number of halogens is 3. The van der Waals surface area contributed by atoms with Gasteiger partial charge in [-0.1, -0.05) is 42.5 Å². The molecule has 0 radical (unpaired) electrons. The second-order valence-electron chi connectivity index (χ2n) is 8.27. The third kappa shape index (κ3) is 6.07. The summed E-state index contributed by atoms with van der Waals surface area (Å²) in [5.74, 6) is -0.342. The molecule has 2 amide bonds. The molecule has 0 spiro atoms. The van der Waals surface area contributed by atoms with Crippen molar-refractivity contribution in [2.24, 2.45) is 0 Å². The Morgan fingerprint density at radius 2 is 1.70 bits per heavy atom. The third-order valence-electron chi connectivity index (χ3n) is 5.83. The topological polar surface area (TPSA) is 87.7 Å². The maximum Gasteiger partial charge on any atom is 0.416 e. The highest BCUT2D eigenvalue weighted by Crippen LogP contribution is 2.32. The highest BCUT2D eigenvalue weighted by molar-refractivity contribution is 6.03. The largest absolute Gasteiger partial charge is 0.497 e. The summed E-state index contributed by atoms with van der Waals surface area (Å²) < 4.78 is 44.3. The standard InChI is InChI=1S/C28H23F3N2O4/c1-37-20-14-10-18(11-15-20)21(17-8-12-19(13-9-17)28(29,30)31)4-2-7-26(35)32-23-5-3-6-24-22(23)16-25(34)27(36)33-24/h2-15,25,34H,16H2,1H3,(H,32,35)(H,33,36)/b7-2+,21-4-. The van der Waals surface area contributed by atoms with Gasteiger partial charge in [-0.15, -0.1) is 0 Å². The molecule has 3 N–H and O–H groups in total. The van der Waals surface area contributed by atoms with Crippen molar-refractivity contribution in [3.8, 4) is 5.75 Å². The quantitative estimate of drug-likeness (QED) is 0.316. The molecule has 0 aromatic heterocycles. The van der Waals surface area contributed by atoms with Gasteiger partial charge in [0, 0.05) is 29.4 Å². The van der Waals surface area contributed by atoms with Gasteiger partial charge in [-0.05, 0) is 53.1 Å². The van der Waals surface area contributed by atoms with Crippen molar-refractivity contribution in [1.82, 2.24) is 0 Å². The Balaban J connectivity index is 1.59. The van der Waals surface area contributed by atoms with Gasteiger partial charge in [0.2, 0.25) is 5.91 Å². The van der Waals surface area contributed by atoms with Crippen LogP contribution in [0, 0.1) is 0 Å². The molecule has 1 unspecified atom stereocenters. The Hall–Kier alpha value is -4.37. The predicted octanol–water partition coefficient (Wildman–Crippen LogP) is 5.20. The van der Waals surface area contributed by atoms with Crippen LogP contribution in [0.1, 0.15) is 22.3 Å². The van der Waals surface area contributed by atoms with Crippen LogP contribution in [0.5, 0.6) is 5.75 Å². The molecule has 0 saturated carbocycles.